The first-order chi connectivity index (χ1) is 21.8. The van der Waals surface area contributed by atoms with Gasteiger partial charge in [0.1, 0.15) is 6.10 Å². The van der Waals surface area contributed by atoms with Gasteiger partial charge in [0.2, 0.25) is 0 Å². The Labute approximate surface area is 298 Å². The Balaban J connectivity index is 4.90. The SMILES string of the molecule is CCCCCCCCCCCCCCCCCCC[Si](C)(O[Si](C)(C)O[Si](C)(C)C)O[Si](C)(CCCOCC(O)CO)O[Si](C)(C)C. The minimum atomic E-state index is -2.62. The summed E-state index contributed by atoms with van der Waals surface area (Å²) in [6, 6.07) is 1.78. The number of ether oxygens (including phenoxy) is 1. The molecule has 0 amide bonds. The predicted molar refractivity (Wildman–Crippen MR) is 214 cm³/mol. The average molecular weight is 755 g/mol. The van der Waals surface area contributed by atoms with Gasteiger partial charge < -0.3 is 31.4 Å². The van der Waals surface area contributed by atoms with E-state index in [1.54, 1.807) is 0 Å². The molecular formula is C35H82O7Si5. The minimum Gasteiger partial charge on any atom is -0.437 e. The third kappa shape index (κ3) is 30.2. The quantitative estimate of drug-likeness (QED) is 0.0509. The monoisotopic (exact) mass is 754 g/mol. The Morgan fingerprint density at radius 2 is 0.851 bits per heavy atom. The van der Waals surface area contributed by atoms with Gasteiger partial charge in [0.15, 0.2) is 16.6 Å². The second-order valence-corrected chi connectivity index (χ2v) is 36.8. The van der Waals surface area contributed by atoms with E-state index in [-0.39, 0.29) is 13.2 Å². The fraction of sp³-hybridized carbons (Fsp3) is 1.00. The zero-order valence-electron chi connectivity index (χ0n) is 33.3. The molecule has 0 aromatic carbocycles. The highest BCUT2D eigenvalue weighted by atomic mass is 28.5. The van der Waals surface area contributed by atoms with Crippen LogP contribution in [0.25, 0.3) is 0 Å². The molecule has 0 aliphatic rings. The van der Waals surface area contributed by atoms with Crippen LogP contribution < -0.4 is 0 Å². The summed E-state index contributed by atoms with van der Waals surface area (Å²) in [7, 11) is -11.3. The van der Waals surface area contributed by atoms with Crippen LogP contribution in [0.15, 0.2) is 0 Å². The molecule has 0 aromatic rings. The second kappa shape index (κ2) is 25.7. The van der Waals surface area contributed by atoms with Crippen molar-refractivity contribution in [2.45, 2.75) is 206 Å². The molecule has 0 aliphatic carbocycles. The van der Waals surface area contributed by atoms with Gasteiger partial charge in [-0.2, -0.15) is 0 Å². The number of rotatable bonds is 33. The molecule has 7 nitrogen and oxygen atoms in total. The standard InChI is InChI=1S/C35H82O7Si5/c1-12-13-14-15-16-17-18-19-20-21-22-23-24-25-26-27-28-31-47(11,41-45(8,9)39-43(2,3)4)42-46(10,40-44(5,6)7)32-29-30-38-34-35(37)33-36/h35-37H,12-34H2,1-11H3. The summed E-state index contributed by atoms with van der Waals surface area (Å²) in [5, 5.41) is 18.7. The molecule has 0 heterocycles. The van der Waals surface area contributed by atoms with Crippen LogP contribution in [-0.4, -0.2) is 78.5 Å². The highest BCUT2D eigenvalue weighted by Crippen LogP contribution is 2.32. The van der Waals surface area contributed by atoms with Crippen molar-refractivity contribution in [1.29, 1.82) is 0 Å². The van der Waals surface area contributed by atoms with E-state index in [0.717, 1.165) is 24.9 Å². The van der Waals surface area contributed by atoms with E-state index in [1.807, 2.05) is 0 Å². The largest absolute Gasteiger partial charge is 0.437 e. The van der Waals surface area contributed by atoms with E-state index >= 15 is 0 Å². The molecule has 3 atom stereocenters. The summed E-state index contributed by atoms with van der Waals surface area (Å²) in [6.07, 6.45) is 23.2. The topological polar surface area (TPSA) is 86.6 Å². The molecule has 284 valence electrons. The zero-order chi connectivity index (χ0) is 35.9. The third-order valence-electron chi connectivity index (χ3n) is 8.14. The van der Waals surface area contributed by atoms with Gasteiger partial charge in [-0.15, -0.1) is 0 Å². The van der Waals surface area contributed by atoms with E-state index < -0.39 is 48.4 Å². The van der Waals surface area contributed by atoms with Gasteiger partial charge in [-0.1, -0.05) is 116 Å². The molecule has 0 fully saturated rings. The van der Waals surface area contributed by atoms with Crippen LogP contribution in [0, 0.1) is 0 Å². The van der Waals surface area contributed by atoms with Crippen LogP contribution in [0.1, 0.15) is 122 Å². The lowest BCUT2D eigenvalue weighted by Gasteiger charge is -2.44. The number of hydrogen-bond acceptors (Lipinski definition) is 7. The van der Waals surface area contributed by atoms with Gasteiger partial charge in [0.25, 0.3) is 0 Å². The minimum absolute atomic E-state index is 0.146. The lowest BCUT2D eigenvalue weighted by atomic mass is 10.0. The Morgan fingerprint density at radius 3 is 1.26 bits per heavy atom. The third-order valence-corrected chi connectivity index (χ3v) is 26.4. The van der Waals surface area contributed by atoms with Crippen LogP contribution in [0.2, 0.25) is 77.6 Å². The smallest absolute Gasteiger partial charge is 0.317 e. The first-order valence-corrected chi connectivity index (χ1v) is 34.2. The molecule has 0 spiro atoms. The Kier molecular flexibility index (Phi) is 26.1. The van der Waals surface area contributed by atoms with Crippen molar-refractivity contribution in [2.24, 2.45) is 0 Å². The van der Waals surface area contributed by atoms with E-state index in [0.29, 0.717) is 6.61 Å². The molecule has 3 unspecified atom stereocenters. The first-order valence-electron chi connectivity index (χ1n) is 19.5. The van der Waals surface area contributed by atoms with E-state index in [4.69, 9.17) is 26.3 Å². The van der Waals surface area contributed by atoms with Crippen molar-refractivity contribution in [2.75, 3.05) is 19.8 Å². The van der Waals surface area contributed by atoms with Crippen molar-refractivity contribution in [3.05, 3.63) is 0 Å². The van der Waals surface area contributed by atoms with E-state index in [2.05, 4.69) is 72.4 Å². The summed E-state index contributed by atoms with van der Waals surface area (Å²) in [4.78, 5) is 0. The van der Waals surface area contributed by atoms with Gasteiger partial charge in [-0.3, -0.25) is 0 Å². The summed E-state index contributed by atoms with van der Waals surface area (Å²) in [5.74, 6) is 0. The maximum absolute atomic E-state index is 9.63. The maximum Gasteiger partial charge on any atom is 0.317 e. The molecular weight excluding hydrogens is 673 g/mol. The molecule has 2 N–H and O–H groups in total. The number of unbranched alkanes of at least 4 members (excludes halogenated alkanes) is 16. The highest BCUT2D eigenvalue weighted by Gasteiger charge is 2.48. The molecule has 0 radical (unpaired) electrons. The van der Waals surface area contributed by atoms with Gasteiger partial charge in [0.05, 0.1) is 13.2 Å². The Hall–Kier alpha value is 0.804. The lowest BCUT2D eigenvalue weighted by molar-refractivity contribution is 0.00623. The second-order valence-electron chi connectivity index (χ2n) is 16.7. The van der Waals surface area contributed by atoms with Crippen molar-refractivity contribution >= 4 is 42.3 Å². The van der Waals surface area contributed by atoms with Gasteiger partial charge in [0, 0.05) is 6.61 Å². The summed E-state index contributed by atoms with van der Waals surface area (Å²) < 4.78 is 33.4. The van der Waals surface area contributed by atoms with Gasteiger partial charge in [-0.25, -0.2) is 0 Å². The zero-order valence-corrected chi connectivity index (χ0v) is 38.3. The molecule has 47 heavy (non-hydrogen) atoms. The van der Waals surface area contributed by atoms with Gasteiger partial charge in [-0.05, 0) is 84.0 Å². The number of aliphatic hydroxyl groups excluding tert-OH is 2. The van der Waals surface area contributed by atoms with Crippen molar-refractivity contribution in [1.82, 2.24) is 0 Å². The normalized spacial score (nSPS) is 16.3. The van der Waals surface area contributed by atoms with Crippen molar-refractivity contribution in [3.8, 4) is 0 Å². The van der Waals surface area contributed by atoms with Crippen LogP contribution >= 0.6 is 0 Å². The van der Waals surface area contributed by atoms with Crippen LogP contribution in [0.3, 0.4) is 0 Å². The molecule has 0 rings (SSSR count). The molecule has 0 aromatic heterocycles. The molecule has 12 heteroatoms. The number of aliphatic hydroxyl groups is 2. The lowest BCUT2D eigenvalue weighted by Crippen LogP contribution is -2.60. The Morgan fingerprint density at radius 1 is 0.468 bits per heavy atom. The van der Waals surface area contributed by atoms with Crippen molar-refractivity contribution in [3.63, 3.8) is 0 Å². The fourth-order valence-corrected chi connectivity index (χ4v) is 30.4. The first kappa shape index (κ1) is 47.8. The molecule has 0 saturated heterocycles. The fourth-order valence-electron chi connectivity index (χ4n) is 6.57. The number of hydrogen-bond donors (Lipinski definition) is 2. The van der Waals surface area contributed by atoms with Gasteiger partial charge >= 0.3 is 25.7 Å². The van der Waals surface area contributed by atoms with E-state index in [1.165, 1.54) is 103 Å². The maximum atomic E-state index is 9.63. The average Bonchev–Trinajstić information content (AvgIpc) is 2.91. The van der Waals surface area contributed by atoms with Crippen LogP contribution in [0.4, 0.5) is 0 Å². The van der Waals surface area contributed by atoms with Crippen LogP contribution in [0.5, 0.6) is 0 Å². The van der Waals surface area contributed by atoms with E-state index in [9.17, 15) is 5.11 Å². The van der Waals surface area contributed by atoms with Crippen LogP contribution in [-0.2, 0) is 21.2 Å². The summed E-state index contributed by atoms with van der Waals surface area (Å²) in [5.41, 5.74) is 0. The predicted octanol–water partition coefficient (Wildman–Crippen LogP) is 11.0. The summed E-state index contributed by atoms with van der Waals surface area (Å²) >= 11 is 0. The van der Waals surface area contributed by atoms with Crippen molar-refractivity contribution < 1.29 is 31.4 Å². The molecule has 0 bridgehead atoms. The molecule has 0 saturated carbocycles. The Bertz CT molecular complexity index is 751. The highest BCUT2D eigenvalue weighted by molar-refractivity contribution is 6.90. The summed E-state index contributed by atoms with van der Waals surface area (Å²) in [6.45, 7) is 24.9. The molecule has 0 aliphatic heterocycles.